The summed E-state index contributed by atoms with van der Waals surface area (Å²) in [7, 11) is 0. The Kier molecular flexibility index (Phi) is 4.40. The zero-order valence-corrected chi connectivity index (χ0v) is 10.8. The van der Waals surface area contributed by atoms with Gasteiger partial charge in [-0.05, 0) is 38.8 Å². The fourth-order valence-corrected chi connectivity index (χ4v) is 2.82. The van der Waals surface area contributed by atoms with Gasteiger partial charge in [0.15, 0.2) is 0 Å². The summed E-state index contributed by atoms with van der Waals surface area (Å²) >= 11 is 0. The highest BCUT2D eigenvalue weighted by molar-refractivity contribution is 5.82. The Morgan fingerprint density at radius 3 is 2.82 bits per heavy atom. The van der Waals surface area contributed by atoms with E-state index in [4.69, 9.17) is 4.74 Å². The molecule has 2 rings (SSSR count). The van der Waals surface area contributed by atoms with E-state index in [1.165, 1.54) is 0 Å². The quantitative estimate of drug-likeness (QED) is 0.768. The van der Waals surface area contributed by atoms with Crippen molar-refractivity contribution in [3.05, 3.63) is 0 Å². The van der Waals surface area contributed by atoms with Crippen molar-refractivity contribution >= 4 is 5.91 Å². The number of hydrogen-bond donors (Lipinski definition) is 2. The second-order valence-electron chi connectivity index (χ2n) is 5.32. The minimum Gasteiger partial charge on any atom is -0.381 e. The second-order valence-corrected chi connectivity index (χ2v) is 5.32. The molecule has 0 spiro atoms. The van der Waals surface area contributed by atoms with Gasteiger partial charge in [-0.15, -0.1) is 0 Å². The summed E-state index contributed by atoms with van der Waals surface area (Å²) in [6, 6.07) is 0. The lowest BCUT2D eigenvalue weighted by Crippen LogP contribution is -2.48. The van der Waals surface area contributed by atoms with Crippen LogP contribution in [0.4, 0.5) is 0 Å². The molecule has 0 aromatic heterocycles. The van der Waals surface area contributed by atoms with Gasteiger partial charge in [0.2, 0.25) is 5.91 Å². The molecule has 2 N–H and O–H groups in total. The molecule has 2 aliphatic rings. The number of nitrogens with one attached hydrogen (secondary N) is 2. The average Bonchev–Trinajstić information content (AvgIpc) is 2.90. The maximum atomic E-state index is 12.3. The first-order valence-corrected chi connectivity index (χ1v) is 6.83. The predicted molar refractivity (Wildman–Crippen MR) is 66.8 cm³/mol. The van der Waals surface area contributed by atoms with E-state index >= 15 is 0 Å². The van der Waals surface area contributed by atoms with Gasteiger partial charge in [0.1, 0.15) is 0 Å². The molecule has 4 nitrogen and oxygen atoms in total. The van der Waals surface area contributed by atoms with Crippen molar-refractivity contribution in [1.82, 2.24) is 10.6 Å². The molecule has 0 radical (unpaired) electrons. The molecule has 17 heavy (non-hydrogen) atoms. The molecule has 98 valence electrons. The van der Waals surface area contributed by atoms with Crippen molar-refractivity contribution in [2.75, 3.05) is 32.8 Å². The molecule has 4 heteroatoms. The topological polar surface area (TPSA) is 50.4 Å². The standard InChI is InChI=1S/C13H24N2O2/c1-2-13(4-6-14-7-5-13)12(16)15-9-11-3-8-17-10-11/h11,14H,2-10H2,1H3,(H,15,16). The molecule has 1 atom stereocenters. The number of piperidine rings is 1. The summed E-state index contributed by atoms with van der Waals surface area (Å²) in [5, 5.41) is 6.47. The van der Waals surface area contributed by atoms with Crippen LogP contribution in [0.15, 0.2) is 0 Å². The molecule has 1 amide bonds. The first-order chi connectivity index (χ1) is 8.27. The second kappa shape index (κ2) is 5.83. The van der Waals surface area contributed by atoms with Crippen molar-refractivity contribution in [3.8, 4) is 0 Å². The van der Waals surface area contributed by atoms with E-state index < -0.39 is 0 Å². The van der Waals surface area contributed by atoms with Gasteiger partial charge in [-0.2, -0.15) is 0 Å². The van der Waals surface area contributed by atoms with E-state index in [0.29, 0.717) is 5.92 Å². The van der Waals surface area contributed by atoms with Crippen LogP contribution in [0.2, 0.25) is 0 Å². The van der Waals surface area contributed by atoms with Crippen molar-refractivity contribution < 1.29 is 9.53 Å². The third kappa shape index (κ3) is 2.99. The van der Waals surface area contributed by atoms with E-state index in [2.05, 4.69) is 17.6 Å². The van der Waals surface area contributed by atoms with Gasteiger partial charge < -0.3 is 15.4 Å². The van der Waals surface area contributed by atoms with Crippen LogP contribution in [0.25, 0.3) is 0 Å². The first kappa shape index (κ1) is 12.8. The molecule has 0 bridgehead atoms. The molecule has 2 aliphatic heterocycles. The summed E-state index contributed by atoms with van der Waals surface area (Å²) in [4.78, 5) is 12.3. The summed E-state index contributed by atoms with van der Waals surface area (Å²) in [6.07, 6.45) is 3.97. The summed E-state index contributed by atoms with van der Waals surface area (Å²) in [5.74, 6) is 0.781. The Bertz CT molecular complexity index is 256. The molecule has 2 heterocycles. The largest absolute Gasteiger partial charge is 0.381 e. The third-order valence-corrected chi connectivity index (χ3v) is 4.29. The molecule has 0 aromatic carbocycles. The molecule has 1 unspecified atom stereocenters. The Labute approximate surface area is 103 Å². The molecule has 2 saturated heterocycles. The number of amides is 1. The summed E-state index contributed by atoms with van der Waals surface area (Å²) in [5.41, 5.74) is -0.120. The maximum absolute atomic E-state index is 12.3. The maximum Gasteiger partial charge on any atom is 0.226 e. The Balaban J connectivity index is 1.83. The molecule has 0 saturated carbocycles. The summed E-state index contributed by atoms with van der Waals surface area (Å²) in [6.45, 7) is 6.50. The normalized spacial score (nSPS) is 27.9. The van der Waals surface area contributed by atoms with E-state index in [9.17, 15) is 4.79 Å². The van der Waals surface area contributed by atoms with Gasteiger partial charge in [-0.1, -0.05) is 6.92 Å². The first-order valence-electron chi connectivity index (χ1n) is 6.83. The molecular formula is C13H24N2O2. The van der Waals surface area contributed by atoms with Gasteiger partial charge in [0.05, 0.1) is 12.0 Å². The highest BCUT2D eigenvalue weighted by Crippen LogP contribution is 2.32. The lowest BCUT2D eigenvalue weighted by atomic mass is 9.76. The van der Waals surface area contributed by atoms with E-state index in [-0.39, 0.29) is 11.3 Å². The van der Waals surface area contributed by atoms with Gasteiger partial charge in [0, 0.05) is 19.1 Å². The minimum atomic E-state index is -0.120. The van der Waals surface area contributed by atoms with Crippen LogP contribution >= 0.6 is 0 Å². The number of ether oxygens (including phenoxy) is 1. The van der Waals surface area contributed by atoms with E-state index in [1.807, 2.05) is 0 Å². The van der Waals surface area contributed by atoms with Crippen LogP contribution in [-0.4, -0.2) is 38.8 Å². The van der Waals surface area contributed by atoms with Gasteiger partial charge in [-0.25, -0.2) is 0 Å². The van der Waals surface area contributed by atoms with Crippen molar-refractivity contribution in [1.29, 1.82) is 0 Å². The predicted octanol–water partition coefficient (Wildman–Crippen LogP) is 0.919. The third-order valence-electron chi connectivity index (χ3n) is 4.29. The van der Waals surface area contributed by atoms with Crippen molar-refractivity contribution in [2.45, 2.75) is 32.6 Å². The van der Waals surface area contributed by atoms with Crippen LogP contribution in [0.1, 0.15) is 32.6 Å². The van der Waals surface area contributed by atoms with E-state index in [1.54, 1.807) is 0 Å². The number of rotatable bonds is 4. The SMILES string of the molecule is CCC1(C(=O)NCC2CCOC2)CCNCC1. The van der Waals surface area contributed by atoms with Gasteiger partial charge in [0.25, 0.3) is 0 Å². The van der Waals surface area contributed by atoms with Crippen LogP contribution in [-0.2, 0) is 9.53 Å². The number of carbonyl (C=O) groups is 1. The minimum absolute atomic E-state index is 0.120. The molecule has 2 fully saturated rings. The Hall–Kier alpha value is -0.610. The van der Waals surface area contributed by atoms with Crippen molar-refractivity contribution in [2.24, 2.45) is 11.3 Å². The zero-order valence-electron chi connectivity index (χ0n) is 10.8. The monoisotopic (exact) mass is 240 g/mol. The average molecular weight is 240 g/mol. The fourth-order valence-electron chi connectivity index (χ4n) is 2.82. The number of hydrogen-bond acceptors (Lipinski definition) is 3. The van der Waals surface area contributed by atoms with Crippen LogP contribution in [0.5, 0.6) is 0 Å². The lowest BCUT2D eigenvalue weighted by molar-refractivity contribution is -0.133. The van der Waals surface area contributed by atoms with Gasteiger partial charge in [-0.3, -0.25) is 4.79 Å². The molecule has 0 aliphatic carbocycles. The zero-order chi connectivity index (χ0) is 12.1. The highest BCUT2D eigenvalue weighted by Gasteiger charge is 2.37. The van der Waals surface area contributed by atoms with Crippen molar-refractivity contribution in [3.63, 3.8) is 0 Å². The fraction of sp³-hybridized carbons (Fsp3) is 0.923. The van der Waals surface area contributed by atoms with Gasteiger partial charge >= 0.3 is 0 Å². The molecular weight excluding hydrogens is 216 g/mol. The molecule has 0 aromatic rings. The van der Waals surface area contributed by atoms with Crippen LogP contribution in [0.3, 0.4) is 0 Å². The van der Waals surface area contributed by atoms with Crippen LogP contribution in [0, 0.1) is 11.3 Å². The number of carbonyl (C=O) groups excluding carboxylic acids is 1. The Morgan fingerprint density at radius 2 is 2.24 bits per heavy atom. The smallest absolute Gasteiger partial charge is 0.226 e. The van der Waals surface area contributed by atoms with E-state index in [0.717, 1.165) is 58.5 Å². The highest BCUT2D eigenvalue weighted by atomic mass is 16.5. The Morgan fingerprint density at radius 1 is 1.47 bits per heavy atom. The van der Waals surface area contributed by atoms with Crippen LogP contribution < -0.4 is 10.6 Å². The lowest BCUT2D eigenvalue weighted by Gasteiger charge is -2.35. The summed E-state index contributed by atoms with van der Waals surface area (Å²) < 4.78 is 5.33.